The minimum absolute atomic E-state index is 0.396. The molecule has 1 heterocycles. The van der Waals surface area contributed by atoms with Crippen molar-refractivity contribution in [1.82, 2.24) is 10.2 Å². The lowest BCUT2D eigenvalue weighted by molar-refractivity contribution is 0.100. The van der Waals surface area contributed by atoms with Gasteiger partial charge < -0.3 is 16.4 Å². The van der Waals surface area contributed by atoms with E-state index in [0.29, 0.717) is 11.3 Å². The molecule has 1 aromatic heterocycles. The van der Waals surface area contributed by atoms with Crippen LogP contribution in [0.5, 0.6) is 0 Å². The van der Waals surface area contributed by atoms with Gasteiger partial charge in [-0.25, -0.2) is 0 Å². The number of nitrogen functional groups attached to an aromatic ring is 1. The van der Waals surface area contributed by atoms with Crippen LogP contribution in [0.4, 0.5) is 10.8 Å². The number of aromatic nitrogens is 2. The second kappa shape index (κ2) is 5.45. The molecule has 0 saturated carbocycles. The van der Waals surface area contributed by atoms with Crippen LogP contribution in [0.1, 0.15) is 10.4 Å². The lowest BCUT2D eigenvalue weighted by Crippen LogP contribution is -2.11. The Bertz CT molecular complexity index is 611. The number of rotatable bonds is 4. The Morgan fingerprint density at radius 3 is 2.63 bits per heavy atom. The molecule has 0 atom stereocenters. The third-order valence-electron chi connectivity index (χ3n) is 2.27. The highest BCUT2D eigenvalue weighted by Gasteiger charge is 2.10. The van der Waals surface area contributed by atoms with Crippen LogP contribution in [0, 0.1) is 0 Å². The molecule has 0 bridgehead atoms. The minimum Gasteiger partial charge on any atom is -0.398 e. The van der Waals surface area contributed by atoms with E-state index in [1.54, 1.807) is 18.2 Å². The molecule has 6 nitrogen and oxygen atoms in total. The van der Waals surface area contributed by atoms with Crippen LogP contribution in [0.15, 0.2) is 27.4 Å². The molecular formula is C11H13N5OS2. The summed E-state index contributed by atoms with van der Waals surface area (Å²) >= 11 is 2.89. The van der Waals surface area contributed by atoms with Gasteiger partial charge in [0.15, 0.2) is 4.34 Å². The van der Waals surface area contributed by atoms with E-state index in [-0.39, 0.29) is 0 Å². The first-order valence-electron chi connectivity index (χ1n) is 5.35. The quantitative estimate of drug-likeness (QED) is 0.828. The van der Waals surface area contributed by atoms with Crippen LogP contribution in [0.2, 0.25) is 0 Å². The molecular weight excluding hydrogens is 282 g/mol. The van der Waals surface area contributed by atoms with Gasteiger partial charge in [0, 0.05) is 30.2 Å². The van der Waals surface area contributed by atoms with Crippen LogP contribution in [-0.2, 0) is 0 Å². The van der Waals surface area contributed by atoms with Crippen molar-refractivity contribution in [3.63, 3.8) is 0 Å². The summed E-state index contributed by atoms with van der Waals surface area (Å²) in [4.78, 5) is 13.8. The molecule has 2 aromatic rings. The predicted octanol–water partition coefficient (Wildman–Crippen LogP) is 1.44. The number of anilines is 2. The molecule has 0 radical (unpaired) electrons. The molecule has 0 fully saturated rings. The molecule has 100 valence electrons. The normalized spacial score (nSPS) is 10.4. The van der Waals surface area contributed by atoms with Crippen molar-refractivity contribution >= 4 is 39.8 Å². The van der Waals surface area contributed by atoms with Gasteiger partial charge in [-0.15, -0.1) is 10.2 Å². The standard InChI is InChI=1S/C11H13N5OS2/c1-16(2)10-14-15-11(19-10)18-8-4-3-6(9(13)17)5-7(8)12/h3-5H,12H2,1-2H3,(H2,13,17). The smallest absolute Gasteiger partial charge is 0.248 e. The number of hydrogen-bond acceptors (Lipinski definition) is 7. The summed E-state index contributed by atoms with van der Waals surface area (Å²) in [5.74, 6) is -0.492. The molecule has 0 unspecified atom stereocenters. The number of amides is 1. The number of nitrogens with zero attached hydrogens (tertiary/aromatic N) is 3. The van der Waals surface area contributed by atoms with Crippen molar-refractivity contribution in [1.29, 1.82) is 0 Å². The highest BCUT2D eigenvalue weighted by molar-refractivity contribution is 8.01. The number of carbonyl (C=O) groups excluding carboxylic acids is 1. The third kappa shape index (κ3) is 3.15. The van der Waals surface area contributed by atoms with E-state index in [4.69, 9.17) is 11.5 Å². The van der Waals surface area contributed by atoms with E-state index in [1.807, 2.05) is 19.0 Å². The first kappa shape index (κ1) is 13.6. The molecule has 0 aliphatic carbocycles. The first-order valence-corrected chi connectivity index (χ1v) is 6.98. The first-order chi connectivity index (χ1) is 8.97. The van der Waals surface area contributed by atoms with E-state index < -0.39 is 5.91 Å². The fourth-order valence-electron chi connectivity index (χ4n) is 1.31. The number of benzene rings is 1. The second-order valence-electron chi connectivity index (χ2n) is 3.96. The van der Waals surface area contributed by atoms with Crippen LogP contribution < -0.4 is 16.4 Å². The molecule has 0 aliphatic heterocycles. The number of primary amides is 1. The Morgan fingerprint density at radius 1 is 1.37 bits per heavy atom. The van der Waals surface area contributed by atoms with Crippen LogP contribution in [0.25, 0.3) is 0 Å². The highest BCUT2D eigenvalue weighted by atomic mass is 32.2. The van der Waals surface area contributed by atoms with Gasteiger partial charge >= 0.3 is 0 Å². The second-order valence-corrected chi connectivity index (χ2v) is 6.21. The molecule has 2 rings (SSSR count). The molecule has 0 aliphatic rings. The van der Waals surface area contributed by atoms with Crippen molar-refractivity contribution < 1.29 is 4.79 Å². The molecule has 1 amide bonds. The average Bonchev–Trinajstić information content (AvgIpc) is 2.80. The third-order valence-corrected chi connectivity index (χ3v) is 4.50. The van der Waals surface area contributed by atoms with E-state index in [0.717, 1.165) is 14.4 Å². The average molecular weight is 295 g/mol. The summed E-state index contributed by atoms with van der Waals surface area (Å²) in [6.07, 6.45) is 0. The van der Waals surface area contributed by atoms with Crippen LogP contribution in [-0.4, -0.2) is 30.2 Å². The summed E-state index contributed by atoms with van der Waals surface area (Å²) in [6.45, 7) is 0. The van der Waals surface area contributed by atoms with Crippen molar-refractivity contribution in [2.45, 2.75) is 9.24 Å². The molecule has 1 aromatic carbocycles. The van der Waals surface area contributed by atoms with Crippen LogP contribution in [0.3, 0.4) is 0 Å². The predicted molar refractivity (Wildman–Crippen MR) is 77.7 cm³/mol. The summed E-state index contributed by atoms with van der Waals surface area (Å²) < 4.78 is 0.794. The van der Waals surface area contributed by atoms with E-state index in [1.165, 1.54) is 23.1 Å². The summed E-state index contributed by atoms with van der Waals surface area (Å²) in [7, 11) is 3.82. The maximum Gasteiger partial charge on any atom is 0.248 e. The van der Waals surface area contributed by atoms with Gasteiger partial charge in [0.2, 0.25) is 11.0 Å². The monoisotopic (exact) mass is 295 g/mol. The van der Waals surface area contributed by atoms with Gasteiger partial charge in [0.25, 0.3) is 0 Å². The molecule has 19 heavy (non-hydrogen) atoms. The van der Waals surface area contributed by atoms with Gasteiger partial charge in [-0.1, -0.05) is 23.1 Å². The van der Waals surface area contributed by atoms with Crippen molar-refractivity contribution in [2.24, 2.45) is 5.73 Å². The fraction of sp³-hybridized carbons (Fsp3) is 0.182. The topological polar surface area (TPSA) is 98.1 Å². The van der Waals surface area contributed by atoms with Gasteiger partial charge in [-0.2, -0.15) is 0 Å². The van der Waals surface area contributed by atoms with Crippen molar-refractivity contribution in [3.8, 4) is 0 Å². The van der Waals surface area contributed by atoms with E-state index >= 15 is 0 Å². The zero-order valence-electron chi connectivity index (χ0n) is 10.5. The Labute approximate surface area is 118 Å². The van der Waals surface area contributed by atoms with Gasteiger partial charge in [-0.05, 0) is 18.2 Å². The zero-order valence-corrected chi connectivity index (χ0v) is 12.1. The fourth-order valence-corrected chi connectivity index (χ4v) is 3.06. The zero-order chi connectivity index (χ0) is 14.0. The Kier molecular flexibility index (Phi) is 3.91. The van der Waals surface area contributed by atoms with Gasteiger partial charge in [0.05, 0.1) is 0 Å². The van der Waals surface area contributed by atoms with Gasteiger partial charge in [0.1, 0.15) is 0 Å². The highest BCUT2D eigenvalue weighted by Crippen LogP contribution is 2.35. The summed E-state index contributed by atoms with van der Waals surface area (Å²) in [5.41, 5.74) is 12.0. The SMILES string of the molecule is CN(C)c1nnc(Sc2ccc(C(N)=O)cc2N)s1. The molecule has 8 heteroatoms. The Hall–Kier alpha value is -1.80. The van der Waals surface area contributed by atoms with E-state index in [2.05, 4.69) is 10.2 Å². The van der Waals surface area contributed by atoms with Crippen molar-refractivity contribution in [3.05, 3.63) is 23.8 Å². The molecule has 0 saturated heterocycles. The summed E-state index contributed by atoms with van der Waals surface area (Å²) in [5, 5.41) is 8.95. The Morgan fingerprint density at radius 2 is 2.11 bits per heavy atom. The maximum atomic E-state index is 11.0. The Balaban J connectivity index is 2.20. The molecule has 0 spiro atoms. The number of nitrogens with two attached hydrogens (primary N) is 2. The van der Waals surface area contributed by atoms with E-state index in [9.17, 15) is 4.79 Å². The van der Waals surface area contributed by atoms with Crippen LogP contribution >= 0.6 is 23.1 Å². The maximum absolute atomic E-state index is 11.0. The minimum atomic E-state index is -0.492. The number of hydrogen-bond donors (Lipinski definition) is 2. The van der Waals surface area contributed by atoms with Crippen molar-refractivity contribution in [2.75, 3.05) is 24.7 Å². The summed E-state index contributed by atoms with van der Waals surface area (Å²) in [6, 6.07) is 4.98. The largest absolute Gasteiger partial charge is 0.398 e. The number of carbonyl (C=O) groups is 1. The lowest BCUT2D eigenvalue weighted by atomic mass is 10.2. The molecule has 4 N–H and O–H groups in total. The van der Waals surface area contributed by atoms with Gasteiger partial charge in [-0.3, -0.25) is 4.79 Å². The lowest BCUT2D eigenvalue weighted by Gasteiger charge is -2.05.